The summed E-state index contributed by atoms with van der Waals surface area (Å²) in [7, 11) is 1.69. The normalized spacial score (nSPS) is 17.9. The summed E-state index contributed by atoms with van der Waals surface area (Å²) in [6, 6.07) is 0.399. The van der Waals surface area contributed by atoms with Gasteiger partial charge in [-0.3, -0.25) is 14.7 Å². The fourth-order valence-electron chi connectivity index (χ4n) is 4.19. The molecule has 0 atom stereocenters. The fourth-order valence-corrected chi connectivity index (χ4v) is 4.19. The van der Waals surface area contributed by atoms with Crippen molar-refractivity contribution in [3.8, 4) is 0 Å². The lowest BCUT2D eigenvalue weighted by Crippen LogP contribution is -2.50. The number of amides is 1. The molecule has 176 valence electrons. The second kappa shape index (κ2) is 13.9. The Morgan fingerprint density at radius 3 is 2.71 bits per heavy atom. The maximum atomic E-state index is 11.5. The number of likely N-dealkylation sites (N-methyl/N-ethyl adjacent to an activating group) is 1. The van der Waals surface area contributed by atoms with Crippen LogP contribution in [0.25, 0.3) is 0 Å². The third-order valence-electron chi connectivity index (χ3n) is 5.93. The third kappa shape index (κ3) is 8.21. The van der Waals surface area contributed by atoms with Gasteiger partial charge in [-0.2, -0.15) is 0 Å². The van der Waals surface area contributed by atoms with Gasteiger partial charge in [0.1, 0.15) is 11.6 Å². The summed E-state index contributed by atoms with van der Waals surface area (Å²) in [5, 5.41) is 18.4. The number of aryl methyl sites for hydroxylation is 2. The molecule has 0 radical (unpaired) electrons. The quantitative estimate of drug-likeness (QED) is 0.197. The predicted molar refractivity (Wildman–Crippen MR) is 134 cm³/mol. The highest BCUT2D eigenvalue weighted by Crippen LogP contribution is 2.15. The maximum absolute atomic E-state index is 11.5. The van der Waals surface area contributed by atoms with Gasteiger partial charge in [-0.1, -0.05) is 6.42 Å². The Morgan fingerprint density at radius 2 is 1.97 bits per heavy atom. The molecule has 0 aromatic carbocycles. The van der Waals surface area contributed by atoms with Gasteiger partial charge in [0.15, 0.2) is 5.96 Å². The Balaban J connectivity index is 0.00000341. The number of halogens is 1. The summed E-state index contributed by atoms with van der Waals surface area (Å²) in [5.41, 5.74) is 0. The number of piperidine rings is 1. The van der Waals surface area contributed by atoms with Crippen molar-refractivity contribution in [2.24, 2.45) is 4.99 Å². The number of carbonyl (C=O) groups excluding carboxylic acids is 1. The minimum atomic E-state index is 0. The number of hydrogen-bond donors (Lipinski definition) is 3. The molecule has 2 aliphatic heterocycles. The number of likely N-dealkylation sites (tertiary alicyclic amines) is 1. The molecule has 1 saturated heterocycles. The number of nitrogens with zero attached hydrogens (tertiary/aromatic N) is 5. The van der Waals surface area contributed by atoms with Crippen molar-refractivity contribution in [3.05, 3.63) is 11.6 Å². The molecular formula is C21H39IN8O. The Kier molecular flexibility index (Phi) is 11.6. The van der Waals surface area contributed by atoms with Crippen molar-refractivity contribution in [2.75, 3.05) is 39.8 Å². The molecule has 1 amide bonds. The first-order valence-corrected chi connectivity index (χ1v) is 11.6. The van der Waals surface area contributed by atoms with Gasteiger partial charge in [0, 0.05) is 58.7 Å². The zero-order valence-corrected chi connectivity index (χ0v) is 21.4. The smallest absolute Gasteiger partial charge is 0.233 e. The van der Waals surface area contributed by atoms with Gasteiger partial charge in [0.05, 0.1) is 6.54 Å². The number of aromatic nitrogens is 3. The molecule has 2 aliphatic rings. The highest BCUT2D eigenvalue weighted by Gasteiger charge is 2.21. The Morgan fingerprint density at radius 1 is 1.16 bits per heavy atom. The number of carbonyl (C=O) groups is 1. The van der Waals surface area contributed by atoms with E-state index in [0.29, 0.717) is 12.6 Å². The summed E-state index contributed by atoms with van der Waals surface area (Å²) in [5.74, 6) is 3.25. The van der Waals surface area contributed by atoms with Crippen LogP contribution in [0, 0.1) is 0 Å². The summed E-state index contributed by atoms with van der Waals surface area (Å²) in [4.78, 5) is 18.5. The van der Waals surface area contributed by atoms with Crippen LogP contribution in [0.2, 0.25) is 0 Å². The van der Waals surface area contributed by atoms with Gasteiger partial charge < -0.3 is 20.5 Å². The molecule has 0 saturated carbocycles. The van der Waals surface area contributed by atoms with Gasteiger partial charge in [-0.05, 0) is 39.0 Å². The van der Waals surface area contributed by atoms with Crippen LogP contribution in [0.1, 0.15) is 57.1 Å². The molecule has 3 heterocycles. The van der Waals surface area contributed by atoms with Crippen LogP contribution >= 0.6 is 24.0 Å². The van der Waals surface area contributed by atoms with Crippen molar-refractivity contribution in [1.82, 2.24) is 35.6 Å². The lowest BCUT2D eigenvalue weighted by molar-refractivity contribution is -0.122. The van der Waals surface area contributed by atoms with Crippen molar-refractivity contribution in [2.45, 2.75) is 70.9 Å². The van der Waals surface area contributed by atoms with E-state index >= 15 is 0 Å². The summed E-state index contributed by atoms with van der Waals surface area (Å²) >= 11 is 0. The molecular weight excluding hydrogens is 507 g/mol. The van der Waals surface area contributed by atoms with Crippen LogP contribution in [-0.2, 0) is 24.2 Å². The van der Waals surface area contributed by atoms with Crippen molar-refractivity contribution in [1.29, 1.82) is 0 Å². The molecule has 1 aromatic heterocycles. The zero-order valence-electron chi connectivity index (χ0n) is 19.0. The van der Waals surface area contributed by atoms with E-state index in [9.17, 15) is 4.79 Å². The largest absolute Gasteiger partial charge is 0.358 e. The van der Waals surface area contributed by atoms with Gasteiger partial charge >= 0.3 is 0 Å². The third-order valence-corrected chi connectivity index (χ3v) is 5.93. The first-order chi connectivity index (χ1) is 14.7. The molecule has 3 N–H and O–H groups in total. The van der Waals surface area contributed by atoms with E-state index in [1.165, 1.54) is 19.3 Å². The standard InChI is InChI=1S/C21H38N8O.HI/c1-3-23-21(25-17-10-14-28(15-11-17)16-20(30)22-2)24-12-7-9-19-27-26-18-8-5-4-6-13-29(18)19;/h17H,3-16H2,1-2H3,(H,22,30)(H2,23,24,25);1H. The van der Waals surface area contributed by atoms with Crippen molar-refractivity contribution in [3.63, 3.8) is 0 Å². The van der Waals surface area contributed by atoms with Crippen LogP contribution in [0.4, 0.5) is 0 Å². The van der Waals surface area contributed by atoms with Crippen LogP contribution in [-0.4, -0.2) is 77.3 Å². The molecule has 0 unspecified atom stereocenters. The van der Waals surface area contributed by atoms with Crippen molar-refractivity contribution >= 4 is 35.8 Å². The Hall–Kier alpha value is -1.43. The predicted octanol–water partition coefficient (Wildman–Crippen LogP) is 1.32. The second-order valence-corrected chi connectivity index (χ2v) is 8.23. The Labute approximate surface area is 203 Å². The first kappa shape index (κ1) is 25.8. The van der Waals surface area contributed by atoms with Crippen LogP contribution < -0.4 is 16.0 Å². The van der Waals surface area contributed by atoms with E-state index < -0.39 is 0 Å². The monoisotopic (exact) mass is 546 g/mol. The summed E-state index contributed by atoms with van der Waals surface area (Å²) in [6.45, 7) is 7.12. The summed E-state index contributed by atoms with van der Waals surface area (Å²) in [6.07, 6.45) is 8.74. The van der Waals surface area contributed by atoms with E-state index in [0.717, 1.165) is 82.4 Å². The van der Waals surface area contributed by atoms with Crippen molar-refractivity contribution < 1.29 is 4.79 Å². The van der Waals surface area contributed by atoms with Gasteiger partial charge in [0.2, 0.25) is 5.91 Å². The molecule has 10 heteroatoms. The SMILES string of the molecule is CCNC(=NCCCc1nnc2n1CCCCC2)NC1CCN(CC(=O)NC)CC1.I. The molecule has 1 fully saturated rings. The minimum Gasteiger partial charge on any atom is -0.358 e. The number of aliphatic imine (C=N–C) groups is 1. The average molecular weight is 547 g/mol. The second-order valence-electron chi connectivity index (χ2n) is 8.23. The first-order valence-electron chi connectivity index (χ1n) is 11.6. The highest BCUT2D eigenvalue weighted by atomic mass is 127. The fraction of sp³-hybridized carbons (Fsp3) is 0.810. The minimum absolute atomic E-state index is 0. The zero-order chi connectivity index (χ0) is 21.2. The number of rotatable bonds is 8. The van der Waals surface area contributed by atoms with E-state index in [-0.39, 0.29) is 29.9 Å². The lowest BCUT2D eigenvalue weighted by atomic mass is 10.1. The highest BCUT2D eigenvalue weighted by molar-refractivity contribution is 14.0. The van der Waals surface area contributed by atoms with E-state index in [1.54, 1.807) is 7.05 Å². The molecule has 0 spiro atoms. The van der Waals surface area contributed by atoms with E-state index in [2.05, 4.69) is 42.5 Å². The summed E-state index contributed by atoms with van der Waals surface area (Å²) < 4.78 is 2.33. The van der Waals surface area contributed by atoms with E-state index in [4.69, 9.17) is 4.99 Å². The number of fused-ring (bicyclic) bond motifs is 1. The Bertz CT molecular complexity index is 700. The van der Waals surface area contributed by atoms with Gasteiger partial charge in [0.25, 0.3) is 0 Å². The maximum Gasteiger partial charge on any atom is 0.233 e. The van der Waals surface area contributed by atoms with Gasteiger partial charge in [-0.15, -0.1) is 34.2 Å². The lowest BCUT2D eigenvalue weighted by Gasteiger charge is -2.32. The molecule has 0 aliphatic carbocycles. The topological polar surface area (TPSA) is 99.5 Å². The number of guanidine groups is 1. The average Bonchev–Trinajstić information content (AvgIpc) is 2.98. The number of nitrogens with one attached hydrogen (secondary N) is 3. The van der Waals surface area contributed by atoms with Crippen LogP contribution in [0.5, 0.6) is 0 Å². The van der Waals surface area contributed by atoms with Crippen LogP contribution in [0.3, 0.4) is 0 Å². The molecule has 1 aromatic rings. The number of hydrogen-bond acceptors (Lipinski definition) is 5. The molecule has 0 bridgehead atoms. The molecule has 9 nitrogen and oxygen atoms in total. The van der Waals surface area contributed by atoms with Crippen LogP contribution in [0.15, 0.2) is 4.99 Å². The molecule has 3 rings (SSSR count). The molecule has 31 heavy (non-hydrogen) atoms. The van der Waals surface area contributed by atoms with E-state index in [1.807, 2.05) is 0 Å². The van der Waals surface area contributed by atoms with Gasteiger partial charge in [-0.25, -0.2) is 0 Å².